The number of amides is 1. The predicted molar refractivity (Wildman–Crippen MR) is 115 cm³/mol. The fourth-order valence-corrected chi connectivity index (χ4v) is 4.25. The fourth-order valence-electron chi connectivity index (χ4n) is 4.25. The Labute approximate surface area is 178 Å². The van der Waals surface area contributed by atoms with Crippen molar-refractivity contribution in [2.24, 2.45) is 5.92 Å². The number of rotatable bonds is 3. The van der Waals surface area contributed by atoms with Gasteiger partial charge in [0, 0.05) is 18.3 Å². The Kier molecular flexibility index (Phi) is 4.70. The number of aromatic nitrogens is 5. The van der Waals surface area contributed by atoms with E-state index in [2.05, 4.69) is 25.3 Å². The van der Waals surface area contributed by atoms with Gasteiger partial charge in [-0.3, -0.25) is 4.79 Å². The van der Waals surface area contributed by atoms with Crippen LogP contribution in [0.25, 0.3) is 22.6 Å². The molecule has 160 valence electrons. The van der Waals surface area contributed by atoms with Gasteiger partial charge in [-0.2, -0.15) is 5.10 Å². The Hall–Kier alpha value is -3.33. The predicted octanol–water partition coefficient (Wildman–Crippen LogP) is 3.08. The molecule has 1 aliphatic heterocycles. The number of nitrogens with one attached hydrogen (secondary N) is 1. The summed E-state index contributed by atoms with van der Waals surface area (Å²) in [6.45, 7) is 5.59. The third-order valence-electron chi connectivity index (χ3n) is 5.78. The van der Waals surface area contributed by atoms with Crippen LogP contribution in [0, 0.1) is 25.6 Å². The molecule has 1 aliphatic rings. The largest absolute Gasteiger partial charge is 0.309 e. The first-order valence-electron chi connectivity index (χ1n) is 10.4. The highest BCUT2D eigenvalue weighted by Gasteiger charge is 2.24. The van der Waals surface area contributed by atoms with Gasteiger partial charge in [0.05, 0.1) is 29.7 Å². The second-order valence-corrected chi connectivity index (χ2v) is 8.39. The van der Waals surface area contributed by atoms with Crippen LogP contribution in [0.1, 0.15) is 24.1 Å². The molecule has 0 aliphatic carbocycles. The average molecular weight is 421 g/mol. The minimum Gasteiger partial charge on any atom is -0.309 e. The lowest BCUT2D eigenvalue weighted by Gasteiger charge is -2.28. The highest BCUT2D eigenvalue weighted by atomic mass is 19.1. The van der Waals surface area contributed by atoms with Crippen LogP contribution in [0.3, 0.4) is 0 Å². The molecule has 4 aromatic heterocycles. The Morgan fingerprint density at radius 1 is 1.16 bits per heavy atom. The number of nitrogens with zero attached hydrogens (tertiary/aromatic N) is 6. The smallest absolute Gasteiger partial charge is 0.229 e. The van der Waals surface area contributed by atoms with Gasteiger partial charge in [-0.05, 0) is 58.0 Å². The zero-order chi connectivity index (χ0) is 21.7. The van der Waals surface area contributed by atoms with Crippen LogP contribution in [0.2, 0.25) is 0 Å². The third kappa shape index (κ3) is 3.65. The quantitative estimate of drug-likeness (QED) is 0.550. The molecule has 1 amide bonds. The van der Waals surface area contributed by atoms with Gasteiger partial charge < -0.3 is 14.6 Å². The van der Waals surface area contributed by atoms with Gasteiger partial charge in [-0.15, -0.1) is 0 Å². The van der Waals surface area contributed by atoms with Crippen molar-refractivity contribution in [2.75, 3.05) is 25.5 Å². The molecule has 1 N–H and O–H groups in total. The van der Waals surface area contributed by atoms with Crippen LogP contribution in [0.4, 0.5) is 10.2 Å². The summed E-state index contributed by atoms with van der Waals surface area (Å²) >= 11 is 0. The van der Waals surface area contributed by atoms with Gasteiger partial charge >= 0.3 is 0 Å². The molecule has 31 heavy (non-hydrogen) atoms. The molecule has 0 unspecified atom stereocenters. The molecule has 4 aromatic rings. The van der Waals surface area contributed by atoms with Crippen molar-refractivity contribution in [1.82, 2.24) is 28.9 Å². The third-order valence-corrected chi connectivity index (χ3v) is 5.78. The van der Waals surface area contributed by atoms with E-state index >= 15 is 0 Å². The standard InChI is InChI=1S/C22H24FN7O/c1-13-7-18(27-30-9-14(2)24-20(13)30)16-8-17(23)21-25-19(12-29(21)11-16)26-22(31)15-5-4-6-28(3)10-15/h7-9,11-12,15H,4-6,10H2,1-3H3,(H,26,31)/t15-/m1/s1. The number of piperidine rings is 1. The summed E-state index contributed by atoms with van der Waals surface area (Å²) in [6, 6.07) is 3.31. The Morgan fingerprint density at radius 2 is 2.00 bits per heavy atom. The van der Waals surface area contributed by atoms with Crippen molar-refractivity contribution in [3.8, 4) is 11.3 Å². The van der Waals surface area contributed by atoms with Crippen molar-refractivity contribution >= 4 is 23.0 Å². The van der Waals surface area contributed by atoms with Crippen molar-refractivity contribution in [1.29, 1.82) is 0 Å². The van der Waals surface area contributed by atoms with Crippen LogP contribution in [0.15, 0.2) is 30.7 Å². The molecular formula is C22H24FN7O. The maximum Gasteiger partial charge on any atom is 0.229 e. The van der Waals surface area contributed by atoms with E-state index in [1.165, 1.54) is 6.07 Å². The second kappa shape index (κ2) is 7.42. The minimum atomic E-state index is -0.475. The number of anilines is 1. The van der Waals surface area contributed by atoms with E-state index in [9.17, 15) is 9.18 Å². The summed E-state index contributed by atoms with van der Waals surface area (Å²) in [7, 11) is 2.01. The van der Waals surface area contributed by atoms with Gasteiger partial charge in [0.15, 0.2) is 22.9 Å². The first kappa shape index (κ1) is 19.6. The van der Waals surface area contributed by atoms with E-state index in [-0.39, 0.29) is 17.5 Å². The highest BCUT2D eigenvalue weighted by Crippen LogP contribution is 2.25. The molecule has 8 nitrogen and oxygen atoms in total. The lowest BCUT2D eigenvalue weighted by atomic mass is 9.98. The molecule has 9 heteroatoms. The van der Waals surface area contributed by atoms with Gasteiger partial charge in [0.25, 0.3) is 0 Å². The second-order valence-electron chi connectivity index (χ2n) is 8.39. The first-order valence-corrected chi connectivity index (χ1v) is 10.4. The van der Waals surface area contributed by atoms with E-state index in [0.717, 1.165) is 42.8 Å². The SMILES string of the molecule is Cc1cn2nc(-c3cc(F)c4nc(NC(=O)[C@@H]5CCCN(C)C5)cn4c3)cc(C)c2n1. The maximum atomic E-state index is 14.9. The molecule has 0 aromatic carbocycles. The zero-order valence-electron chi connectivity index (χ0n) is 17.8. The van der Waals surface area contributed by atoms with E-state index < -0.39 is 5.82 Å². The van der Waals surface area contributed by atoms with Gasteiger partial charge in [-0.25, -0.2) is 18.9 Å². The van der Waals surface area contributed by atoms with Crippen LogP contribution >= 0.6 is 0 Å². The highest BCUT2D eigenvalue weighted by molar-refractivity contribution is 5.92. The summed E-state index contributed by atoms with van der Waals surface area (Å²) < 4.78 is 18.2. The number of carbonyl (C=O) groups excluding carboxylic acids is 1. The maximum absolute atomic E-state index is 14.9. The lowest BCUT2D eigenvalue weighted by molar-refractivity contribution is -0.121. The monoisotopic (exact) mass is 421 g/mol. The van der Waals surface area contributed by atoms with Crippen LogP contribution < -0.4 is 5.32 Å². The van der Waals surface area contributed by atoms with Crippen molar-refractivity contribution in [2.45, 2.75) is 26.7 Å². The van der Waals surface area contributed by atoms with Crippen LogP contribution in [-0.4, -0.2) is 54.9 Å². The number of pyridine rings is 1. The topological polar surface area (TPSA) is 79.8 Å². The first-order chi connectivity index (χ1) is 14.9. The summed E-state index contributed by atoms with van der Waals surface area (Å²) in [4.78, 5) is 23.5. The molecule has 1 saturated heterocycles. The number of carbonyl (C=O) groups is 1. The number of imidazole rings is 2. The summed E-state index contributed by atoms with van der Waals surface area (Å²) in [6.07, 6.45) is 7.09. The van der Waals surface area contributed by atoms with Crippen LogP contribution in [0.5, 0.6) is 0 Å². The Morgan fingerprint density at radius 3 is 2.81 bits per heavy atom. The molecule has 5 rings (SSSR count). The minimum absolute atomic E-state index is 0.0752. The van der Waals surface area contributed by atoms with Crippen molar-refractivity contribution in [3.63, 3.8) is 0 Å². The number of aryl methyl sites for hydroxylation is 2. The molecule has 0 radical (unpaired) electrons. The van der Waals surface area contributed by atoms with Crippen molar-refractivity contribution in [3.05, 3.63) is 47.8 Å². The van der Waals surface area contributed by atoms with Crippen LogP contribution in [-0.2, 0) is 4.79 Å². The van der Waals surface area contributed by atoms with Crippen molar-refractivity contribution < 1.29 is 9.18 Å². The lowest BCUT2D eigenvalue weighted by Crippen LogP contribution is -2.38. The number of likely N-dealkylation sites (tertiary alicyclic amines) is 1. The number of halogens is 1. The molecule has 0 saturated carbocycles. The fraction of sp³-hybridized carbons (Fsp3) is 0.364. The number of fused-ring (bicyclic) bond motifs is 2. The Balaban J connectivity index is 1.46. The van der Waals surface area contributed by atoms with Gasteiger partial charge in [-0.1, -0.05) is 0 Å². The van der Waals surface area contributed by atoms with Gasteiger partial charge in [0.2, 0.25) is 5.91 Å². The number of hydrogen-bond acceptors (Lipinski definition) is 5. The van der Waals surface area contributed by atoms with E-state index in [1.54, 1.807) is 21.3 Å². The zero-order valence-corrected chi connectivity index (χ0v) is 17.8. The molecule has 1 fully saturated rings. The Bertz CT molecular complexity index is 1310. The van der Waals surface area contributed by atoms with E-state index in [4.69, 9.17) is 0 Å². The molecule has 1 atom stereocenters. The summed E-state index contributed by atoms with van der Waals surface area (Å²) in [5.74, 6) is -0.286. The summed E-state index contributed by atoms with van der Waals surface area (Å²) in [5, 5.41) is 7.43. The molecule has 5 heterocycles. The molecule has 0 bridgehead atoms. The van der Waals surface area contributed by atoms with Gasteiger partial charge in [0.1, 0.15) is 0 Å². The van der Waals surface area contributed by atoms with E-state index in [1.807, 2.05) is 33.2 Å². The van der Waals surface area contributed by atoms with E-state index in [0.29, 0.717) is 17.1 Å². The number of hydrogen-bond donors (Lipinski definition) is 1. The molecular weight excluding hydrogens is 397 g/mol. The normalized spacial score (nSPS) is 17.5. The molecule has 0 spiro atoms. The summed E-state index contributed by atoms with van der Waals surface area (Å²) in [5.41, 5.74) is 4.02. The average Bonchev–Trinajstić information content (AvgIpc) is 3.30.